The second-order valence-corrected chi connectivity index (χ2v) is 5.90. The highest BCUT2D eigenvalue weighted by atomic mass is 32.2. The number of hydrogen-bond donors (Lipinski definition) is 2. The molecule has 1 aromatic rings. The Bertz CT molecular complexity index is 404. The Morgan fingerprint density at radius 3 is 2.47 bits per heavy atom. The summed E-state index contributed by atoms with van der Waals surface area (Å²) in [5.41, 5.74) is 13.3. The van der Waals surface area contributed by atoms with Gasteiger partial charge in [-0.1, -0.05) is 26.8 Å². The molecule has 17 heavy (non-hydrogen) atoms. The van der Waals surface area contributed by atoms with E-state index in [2.05, 4.69) is 20.8 Å². The van der Waals surface area contributed by atoms with Crippen LogP contribution >= 0.6 is 11.8 Å². The van der Waals surface area contributed by atoms with Crippen molar-refractivity contribution >= 4 is 23.4 Å². The van der Waals surface area contributed by atoms with Gasteiger partial charge in [-0.05, 0) is 23.6 Å². The second kappa shape index (κ2) is 5.96. The van der Waals surface area contributed by atoms with E-state index < -0.39 is 5.91 Å². The van der Waals surface area contributed by atoms with Gasteiger partial charge in [-0.25, -0.2) is 0 Å². The highest BCUT2D eigenvalue weighted by Crippen LogP contribution is 2.26. The molecule has 0 aliphatic carbocycles. The first-order valence-corrected chi connectivity index (χ1v) is 6.76. The summed E-state index contributed by atoms with van der Waals surface area (Å²) >= 11 is 1.87. The molecule has 0 aromatic heterocycles. The zero-order chi connectivity index (χ0) is 13.0. The SMILES string of the molecule is CC(C)C(C)SCc1ccc(C(N)=O)cc1N. The minimum atomic E-state index is -0.438. The van der Waals surface area contributed by atoms with E-state index in [9.17, 15) is 4.79 Å². The zero-order valence-corrected chi connectivity index (χ0v) is 11.4. The van der Waals surface area contributed by atoms with Crippen molar-refractivity contribution in [2.75, 3.05) is 5.73 Å². The molecule has 1 aromatic carbocycles. The molecule has 94 valence electrons. The van der Waals surface area contributed by atoms with Crippen molar-refractivity contribution in [3.63, 3.8) is 0 Å². The van der Waals surface area contributed by atoms with Crippen molar-refractivity contribution in [3.05, 3.63) is 29.3 Å². The van der Waals surface area contributed by atoms with E-state index >= 15 is 0 Å². The van der Waals surface area contributed by atoms with Crippen molar-refractivity contribution < 1.29 is 4.79 Å². The van der Waals surface area contributed by atoms with E-state index in [1.165, 1.54) is 0 Å². The summed E-state index contributed by atoms with van der Waals surface area (Å²) in [4.78, 5) is 11.0. The lowest BCUT2D eigenvalue weighted by atomic mass is 10.1. The third-order valence-electron chi connectivity index (χ3n) is 2.87. The first-order valence-electron chi connectivity index (χ1n) is 5.71. The van der Waals surface area contributed by atoms with E-state index in [-0.39, 0.29) is 0 Å². The summed E-state index contributed by atoms with van der Waals surface area (Å²) < 4.78 is 0. The van der Waals surface area contributed by atoms with Crippen molar-refractivity contribution in [1.82, 2.24) is 0 Å². The van der Waals surface area contributed by atoms with Crippen LogP contribution < -0.4 is 11.5 Å². The van der Waals surface area contributed by atoms with Crippen LogP contribution in [0.15, 0.2) is 18.2 Å². The van der Waals surface area contributed by atoms with Crippen LogP contribution in [-0.4, -0.2) is 11.2 Å². The third kappa shape index (κ3) is 3.97. The van der Waals surface area contributed by atoms with E-state index in [0.717, 1.165) is 11.3 Å². The molecule has 0 saturated heterocycles. The van der Waals surface area contributed by atoms with Gasteiger partial charge >= 0.3 is 0 Å². The van der Waals surface area contributed by atoms with Gasteiger partial charge in [0.25, 0.3) is 0 Å². The van der Waals surface area contributed by atoms with Crippen LogP contribution in [0.1, 0.15) is 36.7 Å². The fraction of sp³-hybridized carbons (Fsp3) is 0.462. The van der Waals surface area contributed by atoms with E-state index in [1.54, 1.807) is 12.1 Å². The maximum absolute atomic E-state index is 11.0. The Kier molecular flexibility index (Phi) is 4.87. The Labute approximate surface area is 107 Å². The zero-order valence-electron chi connectivity index (χ0n) is 10.6. The molecule has 3 nitrogen and oxygen atoms in total. The maximum atomic E-state index is 11.0. The van der Waals surface area contributed by atoms with Crippen LogP contribution in [0.2, 0.25) is 0 Å². The average molecular weight is 252 g/mol. The fourth-order valence-electron chi connectivity index (χ4n) is 1.29. The first kappa shape index (κ1) is 13.9. The molecule has 0 heterocycles. The number of carbonyl (C=O) groups is 1. The highest BCUT2D eigenvalue weighted by molar-refractivity contribution is 7.99. The van der Waals surface area contributed by atoms with Crippen molar-refractivity contribution in [2.45, 2.75) is 31.8 Å². The summed E-state index contributed by atoms with van der Waals surface area (Å²) in [6.07, 6.45) is 0. The number of nitrogen functional groups attached to an aromatic ring is 1. The molecule has 1 rings (SSSR count). The smallest absolute Gasteiger partial charge is 0.248 e. The number of amides is 1. The van der Waals surface area contributed by atoms with Crippen molar-refractivity contribution in [3.8, 4) is 0 Å². The molecule has 0 radical (unpaired) electrons. The molecule has 4 N–H and O–H groups in total. The normalized spacial score (nSPS) is 12.7. The first-order chi connectivity index (χ1) is 7.91. The number of carbonyl (C=O) groups excluding carboxylic acids is 1. The van der Waals surface area contributed by atoms with Crippen LogP contribution in [0.25, 0.3) is 0 Å². The van der Waals surface area contributed by atoms with Gasteiger partial charge in [-0.15, -0.1) is 0 Å². The van der Waals surface area contributed by atoms with Crippen LogP contribution in [0.4, 0.5) is 5.69 Å². The molecule has 1 amide bonds. The molecule has 0 aliphatic heterocycles. The van der Waals surface area contributed by atoms with E-state index in [4.69, 9.17) is 11.5 Å². The number of primary amides is 1. The van der Waals surface area contributed by atoms with E-state index in [0.29, 0.717) is 22.4 Å². The molecule has 0 fully saturated rings. The Hall–Kier alpha value is -1.16. The van der Waals surface area contributed by atoms with E-state index in [1.807, 2.05) is 17.8 Å². The van der Waals surface area contributed by atoms with Crippen LogP contribution in [0.5, 0.6) is 0 Å². The standard InChI is InChI=1S/C13H20N2OS/c1-8(2)9(3)17-7-11-5-4-10(13(15)16)6-12(11)14/h4-6,8-9H,7,14H2,1-3H3,(H2,15,16). The molecule has 1 atom stereocenters. The summed E-state index contributed by atoms with van der Waals surface area (Å²) in [7, 11) is 0. The molecule has 0 aliphatic rings. The molecule has 4 heteroatoms. The van der Waals surface area contributed by atoms with Gasteiger partial charge < -0.3 is 11.5 Å². The number of anilines is 1. The topological polar surface area (TPSA) is 69.1 Å². The van der Waals surface area contributed by atoms with Gasteiger partial charge in [-0.2, -0.15) is 11.8 Å². The summed E-state index contributed by atoms with van der Waals surface area (Å²) in [6, 6.07) is 5.27. The minimum Gasteiger partial charge on any atom is -0.398 e. The fourth-order valence-corrected chi connectivity index (χ4v) is 2.38. The second-order valence-electron chi connectivity index (χ2n) is 4.54. The molecular weight excluding hydrogens is 232 g/mol. The molecule has 0 saturated carbocycles. The van der Waals surface area contributed by atoms with Gasteiger partial charge in [-0.3, -0.25) is 4.79 Å². The lowest BCUT2D eigenvalue weighted by Gasteiger charge is -2.15. The predicted molar refractivity (Wildman–Crippen MR) is 75.0 cm³/mol. The van der Waals surface area contributed by atoms with Gasteiger partial charge in [0.05, 0.1) is 0 Å². The maximum Gasteiger partial charge on any atom is 0.248 e. The quantitative estimate of drug-likeness (QED) is 0.791. The number of hydrogen-bond acceptors (Lipinski definition) is 3. The van der Waals surface area contributed by atoms with Crippen LogP contribution in [-0.2, 0) is 5.75 Å². The predicted octanol–water partition coefficient (Wildman–Crippen LogP) is 2.65. The third-order valence-corrected chi connectivity index (χ3v) is 4.42. The van der Waals surface area contributed by atoms with Gasteiger partial charge in [0, 0.05) is 22.3 Å². The molecule has 0 bridgehead atoms. The lowest BCUT2D eigenvalue weighted by Crippen LogP contribution is -2.12. The monoisotopic (exact) mass is 252 g/mol. The number of benzene rings is 1. The number of rotatable bonds is 5. The van der Waals surface area contributed by atoms with Crippen LogP contribution in [0.3, 0.4) is 0 Å². The van der Waals surface area contributed by atoms with Gasteiger partial charge in [0.1, 0.15) is 0 Å². The minimum absolute atomic E-state index is 0.438. The number of nitrogens with two attached hydrogens (primary N) is 2. The Morgan fingerprint density at radius 1 is 1.35 bits per heavy atom. The number of thioether (sulfide) groups is 1. The summed E-state index contributed by atoms with van der Waals surface area (Å²) in [5, 5.41) is 0.588. The summed E-state index contributed by atoms with van der Waals surface area (Å²) in [6.45, 7) is 6.62. The largest absolute Gasteiger partial charge is 0.398 e. The van der Waals surface area contributed by atoms with Crippen LogP contribution in [0, 0.1) is 5.92 Å². The summed E-state index contributed by atoms with van der Waals surface area (Å²) in [5.74, 6) is 1.07. The lowest BCUT2D eigenvalue weighted by molar-refractivity contribution is 0.100. The Balaban J connectivity index is 2.70. The highest BCUT2D eigenvalue weighted by Gasteiger charge is 2.10. The van der Waals surface area contributed by atoms with Gasteiger partial charge in [0.2, 0.25) is 5.91 Å². The molecule has 1 unspecified atom stereocenters. The van der Waals surface area contributed by atoms with Crippen molar-refractivity contribution in [1.29, 1.82) is 0 Å². The van der Waals surface area contributed by atoms with Gasteiger partial charge in [0.15, 0.2) is 0 Å². The average Bonchev–Trinajstić information content (AvgIpc) is 2.26. The Morgan fingerprint density at radius 2 is 2.00 bits per heavy atom. The van der Waals surface area contributed by atoms with Crippen molar-refractivity contribution in [2.24, 2.45) is 11.7 Å². The molecular formula is C13H20N2OS. The molecule has 0 spiro atoms.